The molecule has 0 aliphatic heterocycles. The highest BCUT2D eigenvalue weighted by Gasteiger charge is 2.29. The molecule has 1 unspecified atom stereocenters. The summed E-state index contributed by atoms with van der Waals surface area (Å²) in [5, 5.41) is 2.91. The van der Waals surface area contributed by atoms with Crippen molar-refractivity contribution in [3.05, 3.63) is 35.4 Å². The van der Waals surface area contributed by atoms with Gasteiger partial charge in [0.05, 0.1) is 0 Å². The Kier molecular flexibility index (Phi) is 4.33. The minimum atomic E-state index is -0.484. The van der Waals surface area contributed by atoms with Crippen molar-refractivity contribution < 1.29 is 9.53 Å². The molecule has 0 aromatic heterocycles. The number of carbonyl (C=O) groups excluding carboxylic acids is 1. The zero-order chi connectivity index (χ0) is 14.8. The number of carbonyl (C=O) groups is 1. The number of amides is 1. The van der Waals surface area contributed by atoms with E-state index in [0.717, 1.165) is 12.8 Å². The fraction of sp³-hybridized carbons (Fsp3) is 0.562. The first-order chi connectivity index (χ1) is 9.39. The Morgan fingerprint density at radius 1 is 1.35 bits per heavy atom. The van der Waals surface area contributed by atoms with Gasteiger partial charge in [-0.3, -0.25) is 0 Å². The minimum absolute atomic E-state index is 0.0442. The maximum atomic E-state index is 11.9. The van der Waals surface area contributed by atoms with E-state index < -0.39 is 5.60 Å². The maximum Gasteiger partial charge on any atom is 0.407 e. The van der Waals surface area contributed by atoms with Gasteiger partial charge in [0.25, 0.3) is 0 Å². The molecule has 1 aliphatic rings. The van der Waals surface area contributed by atoms with E-state index >= 15 is 0 Å². The summed E-state index contributed by atoms with van der Waals surface area (Å²) in [6.07, 6.45) is 1.55. The second kappa shape index (κ2) is 5.83. The first kappa shape index (κ1) is 14.9. The van der Waals surface area contributed by atoms with Crippen LogP contribution in [0.5, 0.6) is 0 Å². The lowest BCUT2D eigenvalue weighted by molar-refractivity contribution is 0.0489. The van der Waals surface area contributed by atoms with Gasteiger partial charge in [-0.05, 0) is 50.7 Å². The summed E-state index contributed by atoms with van der Waals surface area (Å²) < 4.78 is 5.30. The van der Waals surface area contributed by atoms with Gasteiger partial charge in [0.1, 0.15) is 5.60 Å². The molecule has 0 spiro atoms. The molecule has 0 fully saturated rings. The van der Waals surface area contributed by atoms with Crippen molar-refractivity contribution in [2.45, 2.75) is 45.3 Å². The lowest BCUT2D eigenvalue weighted by Gasteiger charge is -2.26. The molecule has 0 radical (unpaired) electrons. The first-order valence-corrected chi connectivity index (χ1v) is 7.15. The van der Waals surface area contributed by atoms with Gasteiger partial charge < -0.3 is 15.8 Å². The van der Waals surface area contributed by atoms with Crippen molar-refractivity contribution in [3.8, 4) is 0 Å². The van der Waals surface area contributed by atoms with E-state index in [1.807, 2.05) is 20.8 Å². The Hall–Kier alpha value is -1.55. The highest BCUT2D eigenvalue weighted by Crippen LogP contribution is 2.28. The predicted octanol–water partition coefficient (Wildman–Crippen LogP) is 2.25. The van der Waals surface area contributed by atoms with Crippen LogP contribution in [0.25, 0.3) is 0 Å². The summed E-state index contributed by atoms with van der Waals surface area (Å²) in [6, 6.07) is 8.37. The topological polar surface area (TPSA) is 64.3 Å². The summed E-state index contributed by atoms with van der Waals surface area (Å²) in [7, 11) is 0. The molecule has 0 saturated carbocycles. The van der Waals surface area contributed by atoms with Crippen molar-refractivity contribution in [1.29, 1.82) is 0 Å². The van der Waals surface area contributed by atoms with Gasteiger partial charge in [0, 0.05) is 12.6 Å². The molecule has 2 rings (SSSR count). The third-order valence-electron chi connectivity index (χ3n) is 3.61. The lowest BCUT2D eigenvalue weighted by Crippen LogP contribution is -2.47. The zero-order valence-electron chi connectivity index (χ0n) is 12.5. The number of rotatable bonds is 3. The standard InChI is InChI=1S/C16H24N2O2/c1-16(2,3)20-15(19)18-14(10-17)13-8-11-6-4-5-7-12(11)9-13/h4-7,13-14H,8-10,17H2,1-3H3,(H,18,19). The molecule has 4 nitrogen and oxygen atoms in total. The Morgan fingerprint density at radius 3 is 2.35 bits per heavy atom. The zero-order valence-corrected chi connectivity index (χ0v) is 12.5. The molecule has 1 aromatic carbocycles. The summed E-state index contributed by atoms with van der Waals surface area (Å²) in [6.45, 7) is 6.00. The molecular weight excluding hydrogens is 252 g/mol. The number of fused-ring (bicyclic) bond motifs is 1. The molecule has 0 saturated heterocycles. The summed E-state index contributed by atoms with van der Waals surface area (Å²) in [4.78, 5) is 11.9. The maximum absolute atomic E-state index is 11.9. The van der Waals surface area contributed by atoms with Crippen LogP contribution in [-0.4, -0.2) is 24.3 Å². The van der Waals surface area contributed by atoms with Crippen molar-refractivity contribution in [1.82, 2.24) is 5.32 Å². The van der Waals surface area contributed by atoms with E-state index in [-0.39, 0.29) is 12.1 Å². The van der Waals surface area contributed by atoms with Crippen LogP contribution < -0.4 is 11.1 Å². The average Bonchev–Trinajstić information content (AvgIpc) is 2.77. The quantitative estimate of drug-likeness (QED) is 0.890. The molecule has 0 bridgehead atoms. The van der Waals surface area contributed by atoms with Crippen LogP contribution in [0.15, 0.2) is 24.3 Å². The van der Waals surface area contributed by atoms with Crippen molar-refractivity contribution >= 4 is 6.09 Å². The molecule has 3 N–H and O–H groups in total. The van der Waals surface area contributed by atoms with Crippen LogP contribution in [0, 0.1) is 5.92 Å². The SMILES string of the molecule is CC(C)(C)OC(=O)NC(CN)C1Cc2ccccc2C1. The Morgan fingerprint density at radius 2 is 1.90 bits per heavy atom. The second-order valence-corrected chi connectivity index (χ2v) is 6.43. The normalized spacial score (nSPS) is 16.6. The average molecular weight is 276 g/mol. The fourth-order valence-corrected chi connectivity index (χ4v) is 2.71. The molecule has 1 aromatic rings. The van der Waals surface area contributed by atoms with Gasteiger partial charge >= 0.3 is 6.09 Å². The van der Waals surface area contributed by atoms with Gasteiger partial charge in [-0.2, -0.15) is 0 Å². The monoisotopic (exact) mass is 276 g/mol. The third-order valence-corrected chi connectivity index (χ3v) is 3.61. The third kappa shape index (κ3) is 3.73. The number of ether oxygens (including phenoxy) is 1. The van der Waals surface area contributed by atoms with Crippen LogP contribution in [0.2, 0.25) is 0 Å². The van der Waals surface area contributed by atoms with E-state index in [9.17, 15) is 4.79 Å². The number of hydrogen-bond acceptors (Lipinski definition) is 3. The molecule has 1 aliphatic carbocycles. The van der Waals surface area contributed by atoms with E-state index in [0.29, 0.717) is 12.5 Å². The largest absolute Gasteiger partial charge is 0.444 e. The number of benzene rings is 1. The molecule has 4 heteroatoms. The van der Waals surface area contributed by atoms with E-state index in [1.165, 1.54) is 11.1 Å². The molecule has 110 valence electrons. The molecule has 20 heavy (non-hydrogen) atoms. The Labute approximate surface area is 120 Å². The van der Waals surface area contributed by atoms with Gasteiger partial charge in [0.15, 0.2) is 0 Å². The number of hydrogen-bond donors (Lipinski definition) is 2. The van der Waals surface area contributed by atoms with E-state index in [2.05, 4.69) is 29.6 Å². The van der Waals surface area contributed by atoms with Gasteiger partial charge in [-0.15, -0.1) is 0 Å². The minimum Gasteiger partial charge on any atom is -0.444 e. The molecular formula is C16H24N2O2. The van der Waals surface area contributed by atoms with Crippen LogP contribution >= 0.6 is 0 Å². The predicted molar refractivity (Wildman–Crippen MR) is 79.6 cm³/mol. The molecule has 1 atom stereocenters. The summed E-state index contributed by atoms with van der Waals surface area (Å²) in [5.41, 5.74) is 8.07. The summed E-state index contributed by atoms with van der Waals surface area (Å²) >= 11 is 0. The Bertz CT molecular complexity index is 455. The van der Waals surface area contributed by atoms with Crippen LogP contribution in [0.3, 0.4) is 0 Å². The van der Waals surface area contributed by atoms with Crippen LogP contribution in [0.1, 0.15) is 31.9 Å². The smallest absolute Gasteiger partial charge is 0.407 e. The van der Waals surface area contributed by atoms with Gasteiger partial charge in [0.2, 0.25) is 0 Å². The molecule has 0 heterocycles. The summed E-state index contributed by atoms with van der Waals surface area (Å²) in [5.74, 6) is 0.352. The van der Waals surface area contributed by atoms with Crippen molar-refractivity contribution in [2.24, 2.45) is 11.7 Å². The fourth-order valence-electron chi connectivity index (χ4n) is 2.71. The van der Waals surface area contributed by atoms with Crippen molar-refractivity contribution in [2.75, 3.05) is 6.54 Å². The number of nitrogens with two attached hydrogens (primary N) is 1. The number of nitrogens with one attached hydrogen (secondary N) is 1. The van der Waals surface area contributed by atoms with Crippen molar-refractivity contribution in [3.63, 3.8) is 0 Å². The van der Waals surface area contributed by atoms with Crippen LogP contribution in [0.4, 0.5) is 4.79 Å². The second-order valence-electron chi connectivity index (χ2n) is 6.43. The first-order valence-electron chi connectivity index (χ1n) is 7.15. The van der Waals surface area contributed by atoms with Gasteiger partial charge in [-0.25, -0.2) is 4.79 Å². The highest BCUT2D eigenvalue weighted by atomic mass is 16.6. The van der Waals surface area contributed by atoms with Gasteiger partial charge in [-0.1, -0.05) is 24.3 Å². The highest BCUT2D eigenvalue weighted by molar-refractivity contribution is 5.68. The lowest BCUT2D eigenvalue weighted by atomic mass is 9.97. The Balaban J connectivity index is 1.96. The van der Waals surface area contributed by atoms with E-state index in [1.54, 1.807) is 0 Å². The van der Waals surface area contributed by atoms with Crippen LogP contribution in [-0.2, 0) is 17.6 Å². The van der Waals surface area contributed by atoms with E-state index in [4.69, 9.17) is 10.5 Å². The molecule has 1 amide bonds. The number of alkyl carbamates (subject to hydrolysis) is 1.